The Bertz CT molecular complexity index is 4640. The van der Waals surface area contributed by atoms with Crippen molar-refractivity contribution in [1.82, 2.24) is 9.97 Å². The molecular weight excluding hydrogens is 997 g/mol. The van der Waals surface area contributed by atoms with Crippen molar-refractivity contribution >= 4 is 54.1 Å². The van der Waals surface area contributed by atoms with Gasteiger partial charge in [-0.2, -0.15) is 0 Å². The van der Waals surface area contributed by atoms with E-state index in [1.165, 1.54) is 75.9 Å². The van der Waals surface area contributed by atoms with E-state index in [-0.39, 0.29) is 0 Å². The molecule has 0 amide bonds. The molecule has 12 aromatic rings. The smallest absolute Gasteiger partial charge is 0.140 e. The summed E-state index contributed by atoms with van der Waals surface area (Å²) in [5.41, 5.74) is 17.7. The molecule has 0 unspecified atom stereocenters. The zero-order valence-electron chi connectivity index (χ0n) is 46.4. The number of ether oxygens (including phenoxy) is 2. The third-order valence-electron chi connectivity index (χ3n) is 15.4. The molecule has 0 aliphatic carbocycles. The normalized spacial score (nSPS) is 10.9. The van der Waals surface area contributed by atoms with E-state index in [1.54, 1.807) is 0 Å². The second kappa shape index (κ2) is 23.9. The molecule has 0 atom stereocenters. The lowest BCUT2D eigenvalue weighted by Crippen LogP contribution is -1.97. The average molecular weight is 1060 g/mol. The van der Waals surface area contributed by atoms with Gasteiger partial charge >= 0.3 is 0 Å². The molecule has 12 rings (SSSR count). The quantitative estimate of drug-likeness (QED) is 0.0583. The Balaban J connectivity index is 0.866. The topological polar surface area (TPSA) is 44.2 Å². The molecule has 0 fully saturated rings. The van der Waals surface area contributed by atoms with Crippen LogP contribution in [0.5, 0.6) is 11.5 Å². The fourth-order valence-electron chi connectivity index (χ4n) is 11.1. The van der Waals surface area contributed by atoms with E-state index in [0.29, 0.717) is 5.75 Å². The minimum absolute atomic E-state index is 0.631. The maximum Gasteiger partial charge on any atom is 0.140 e. The Morgan fingerprint density at radius 2 is 0.854 bits per heavy atom. The predicted molar refractivity (Wildman–Crippen MR) is 343 cm³/mol. The first-order valence-corrected chi connectivity index (χ1v) is 28.3. The minimum atomic E-state index is 0.631. The molecule has 0 saturated heterocycles. The predicted octanol–water partition coefficient (Wildman–Crippen LogP) is 19.6. The van der Waals surface area contributed by atoms with Gasteiger partial charge in [-0.25, -0.2) is 9.97 Å². The standard InChI is InChI=1S/C78H58N2O2/c1-5-7-9-11-13-15-45-81-67-36-28-58(29-37-67)77-69-39-19-54(4)47-71(69)78(66-27-26-62-51-68(38-30-59(62)50-66)82-46-16-14-12-10-8-6-2)70-40-31-63(52-72(70)77)55-22-24-57(25-23-55)74-44-35-65-49-61(33-42-76(65)80-74)60-32-41-75-64(48-60)34-43-73(79-75)56-20-17-53(3)18-21-56/h2,17-44,47-52H,5,7,9,11,13,15,45H2,1,3-4H3. The molecule has 0 saturated carbocycles. The van der Waals surface area contributed by atoms with Gasteiger partial charge in [-0.1, -0.05) is 184 Å². The molecule has 4 heteroatoms. The molecule has 0 radical (unpaired) electrons. The van der Waals surface area contributed by atoms with Gasteiger partial charge in [0.1, 0.15) is 17.6 Å². The van der Waals surface area contributed by atoms with Crippen molar-refractivity contribution in [3.05, 3.63) is 217 Å². The SMILES string of the molecule is C#CC#CC#CC#COc1ccc2cc(-c3c4ccc(-c5ccc(-c6ccc7cc(-c8ccc9nc(-c%10ccc(C)cc%10)ccc9c8)ccc7n6)cc5)cc4c(-c4ccc(OCCCCCCCC)cc4)c4ccc(C)cc34)ccc2c1. The Hall–Kier alpha value is -10.4. The Labute approximate surface area is 480 Å². The van der Waals surface area contributed by atoms with Crippen molar-refractivity contribution in [1.29, 1.82) is 0 Å². The Kier molecular flexibility index (Phi) is 15.3. The molecule has 0 spiro atoms. The zero-order valence-corrected chi connectivity index (χ0v) is 46.4. The highest BCUT2D eigenvalue weighted by Gasteiger charge is 2.19. The number of hydrogen-bond donors (Lipinski definition) is 0. The van der Waals surface area contributed by atoms with Crippen LogP contribution in [0.3, 0.4) is 0 Å². The average Bonchev–Trinajstić information content (AvgIpc) is 2.74. The summed E-state index contributed by atoms with van der Waals surface area (Å²) in [6.07, 6.45) is 15.2. The molecule has 82 heavy (non-hydrogen) atoms. The van der Waals surface area contributed by atoms with Crippen LogP contribution in [0.4, 0.5) is 0 Å². The van der Waals surface area contributed by atoms with Crippen LogP contribution in [-0.4, -0.2) is 16.6 Å². The summed E-state index contributed by atoms with van der Waals surface area (Å²) in [5.74, 6) is 16.7. The van der Waals surface area contributed by atoms with Crippen LogP contribution >= 0.6 is 0 Å². The first kappa shape index (κ1) is 52.3. The van der Waals surface area contributed by atoms with Gasteiger partial charge in [-0.15, -0.1) is 6.42 Å². The number of rotatable bonds is 15. The summed E-state index contributed by atoms with van der Waals surface area (Å²) in [5, 5.41) is 9.07. The number of terminal acetylenes is 1. The van der Waals surface area contributed by atoms with Gasteiger partial charge in [0.25, 0.3) is 0 Å². The van der Waals surface area contributed by atoms with Crippen molar-refractivity contribution in [3.8, 4) is 127 Å². The van der Waals surface area contributed by atoms with Crippen LogP contribution in [0.25, 0.3) is 121 Å². The monoisotopic (exact) mass is 1050 g/mol. The number of aryl methyl sites for hydroxylation is 2. The fraction of sp³-hybridized carbons (Fsp3) is 0.128. The van der Waals surface area contributed by atoms with Crippen molar-refractivity contribution in [2.45, 2.75) is 59.3 Å². The van der Waals surface area contributed by atoms with Crippen molar-refractivity contribution in [2.75, 3.05) is 6.61 Å². The van der Waals surface area contributed by atoms with Gasteiger partial charge in [0, 0.05) is 39.7 Å². The Morgan fingerprint density at radius 1 is 0.366 bits per heavy atom. The molecule has 392 valence electrons. The third kappa shape index (κ3) is 11.4. The van der Waals surface area contributed by atoms with Crippen molar-refractivity contribution in [2.24, 2.45) is 0 Å². The van der Waals surface area contributed by atoms with E-state index in [9.17, 15) is 0 Å². The number of unbranched alkanes of at least 4 members (excludes halogenated alkanes) is 5. The van der Waals surface area contributed by atoms with Crippen LogP contribution in [0.2, 0.25) is 0 Å². The van der Waals surface area contributed by atoms with Crippen LogP contribution in [0, 0.1) is 61.9 Å². The number of hydrogen-bond acceptors (Lipinski definition) is 4. The maximum atomic E-state index is 6.31. The van der Waals surface area contributed by atoms with Crippen LogP contribution in [-0.2, 0) is 0 Å². The van der Waals surface area contributed by atoms with E-state index in [0.717, 1.165) is 107 Å². The zero-order chi connectivity index (χ0) is 55.8. The number of aromatic nitrogens is 2. The molecule has 0 aliphatic rings. The van der Waals surface area contributed by atoms with Gasteiger partial charge in [0.2, 0.25) is 0 Å². The number of benzene rings is 10. The number of nitrogens with zero attached hydrogens (tertiary/aromatic N) is 2. The lowest BCUT2D eigenvalue weighted by molar-refractivity contribution is 0.304. The molecular formula is C78H58N2O2. The van der Waals surface area contributed by atoms with E-state index in [1.807, 2.05) is 12.1 Å². The van der Waals surface area contributed by atoms with Crippen LogP contribution in [0.15, 0.2) is 206 Å². The minimum Gasteiger partial charge on any atom is -0.494 e. The first-order chi connectivity index (χ1) is 40.3. The van der Waals surface area contributed by atoms with E-state index >= 15 is 0 Å². The van der Waals surface area contributed by atoms with E-state index < -0.39 is 0 Å². The Morgan fingerprint density at radius 3 is 1.56 bits per heavy atom. The van der Waals surface area contributed by atoms with Gasteiger partial charge in [-0.05, 0) is 188 Å². The van der Waals surface area contributed by atoms with Crippen LogP contribution in [0.1, 0.15) is 56.6 Å². The van der Waals surface area contributed by atoms with Crippen LogP contribution < -0.4 is 9.47 Å². The highest BCUT2D eigenvalue weighted by molar-refractivity contribution is 6.22. The molecule has 0 bridgehead atoms. The first-order valence-electron chi connectivity index (χ1n) is 28.3. The summed E-state index contributed by atoms with van der Waals surface area (Å²) >= 11 is 0. The van der Waals surface area contributed by atoms with Gasteiger partial charge in [0.05, 0.1) is 29.0 Å². The molecule has 2 heterocycles. The highest BCUT2D eigenvalue weighted by atomic mass is 16.5. The van der Waals surface area contributed by atoms with Gasteiger partial charge in [-0.3, -0.25) is 0 Å². The van der Waals surface area contributed by atoms with E-state index in [2.05, 4.69) is 257 Å². The molecule has 4 nitrogen and oxygen atoms in total. The highest BCUT2D eigenvalue weighted by Crippen LogP contribution is 2.46. The fourth-order valence-corrected chi connectivity index (χ4v) is 11.1. The molecule has 10 aromatic carbocycles. The largest absolute Gasteiger partial charge is 0.494 e. The molecule has 0 N–H and O–H groups in total. The van der Waals surface area contributed by atoms with Gasteiger partial charge in [0.15, 0.2) is 0 Å². The van der Waals surface area contributed by atoms with Crippen molar-refractivity contribution < 1.29 is 9.47 Å². The summed E-state index contributed by atoms with van der Waals surface area (Å²) in [6.45, 7) is 7.26. The van der Waals surface area contributed by atoms with Gasteiger partial charge < -0.3 is 9.47 Å². The molecule has 2 aromatic heterocycles. The molecule has 0 aliphatic heterocycles. The lowest BCUT2D eigenvalue weighted by atomic mass is 9.84. The summed E-state index contributed by atoms with van der Waals surface area (Å²) < 4.78 is 12.0. The number of fused-ring (bicyclic) bond motifs is 5. The summed E-state index contributed by atoms with van der Waals surface area (Å²) in [6, 6.07) is 74.2. The van der Waals surface area contributed by atoms with Crippen molar-refractivity contribution in [3.63, 3.8) is 0 Å². The lowest BCUT2D eigenvalue weighted by Gasteiger charge is -2.20. The maximum absolute atomic E-state index is 6.31. The summed E-state index contributed by atoms with van der Waals surface area (Å²) in [7, 11) is 0. The second-order valence-electron chi connectivity index (χ2n) is 21.0. The number of pyridine rings is 2. The summed E-state index contributed by atoms with van der Waals surface area (Å²) in [4.78, 5) is 10.2. The second-order valence-corrected chi connectivity index (χ2v) is 21.0. The third-order valence-corrected chi connectivity index (χ3v) is 15.4. The van der Waals surface area contributed by atoms with E-state index in [4.69, 9.17) is 25.9 Å².